The minimum atomic E-state index is -1.12. The normalized spacial score (nSPS) is 23.1. The van der Waals surface area contributed by atoms with Gasteiger partial charge in [-0.15, -0.1) is 0 Å². The van der Waals surface area contributed by atoms with Crippen molar-refractivity contribution in [1.29, 1.82) is 0 Å². The molecule has 2 heterocycles. The van der Waals surface area contributed by atoms with E-state index in [1.165, 1.54) is 0 Å². The van der Waals surface area contributed by atoms with Crippen molar-refractivity contribution in [3.63, 3.8) is 0 Å². The number of amides is 1. The van der Waals surface area contributed by atoms with Gasteiger partial charge < -0.3 is 20.1 Å². The summed E-state index contributed by atoms with van der Waals surface area (Å²) < 4.78 is 12.2. The summed E-state index contributed by atoms with van der Waals surface area (Å²) in [6.45, 7) is 1.89. The van der Waals surface area contributed by atoms with Gasteiger partial charge in [0.2, 0.25) is 5.91 Å². The van der Waals surface area contributed by atoms with Crippen molar-refractivity contribution in [2.75, 3.05) is 17.3 Å². The minimum Gasteiger partial charge on any atom is -0.495 e. The van der Waals surface area contributed by atoms with E-state index >= 15 is 0 Å². The molecule has 5 rings (SSSR count). The number of nitrogens with one attached hydrogen (secondary N) is 2. The predicted octanol–water partition coefficient (Wildman–Crippen LogP) is 5.15. The molecule has 8 heteroatoms. The van der Waals surface area contributed by atoms with Gasteiger partial charge in [0.05, 0.1) is 18.8 Å². The zero-order valence-electron chi connectivity index (χ0n) is 18.0. The van der Waals surface area contributed by atoms with Crippen molar-refractivity contribution in [2.45, 2.75) is 18.7 Å². The third kappa shape index (κ3) is 3.57. The molecule has 2 bridgehead atoms. The number of thiocarbonyl (C=S) groups is 1. The number of anilines is 2. The molecule has 3 atom stereocenters. The summed E-state index contributed by atoms with van der Waals surface area (Å²) in [7, 11) is 1.60. The highest BCUT2D eigenvalue weighted by Crippen LogP contribution is 2.50. The van der Waals surface area contributed by atoms with Gasteiger partial charge in [0, 0.05) is 16.3 Å². The van der Waals surface area contributed by atoms with Gasteiger partial charge in [-0.3, -0.25) is 9.69 Å². The Balaban J connectivity index is 1.63. The van der Waals surface area contributed by atoms with E-state index in [2.05, 4.69) is 10.6 Å². The summed E-state index contributed by atoms with van der Waals surface area (Å²) in [6.07, 6.45) is 0. The van der Waals surface area contributed by atoms with Crippen LogP contribution in [0.15, 0.2) is 72.8 Å². The molecule has 2 aliphatic heterocycles. The van der Waals surface area contributed by atoms with Crippen LogP contribution in [0.25, 0.3) is 0 Å². The number of nitrogens with zero attached hydrogens (tertiary/aromatic N) is 1. The summed E-state index contributed by atoms with van der Waals surface area (Å²) in [5.74, 6) is 0.491. The van der Waals surface area contributed by atoms with E-state index in [0.29, 0.717) is 33.0 Å². The minimum absolute atomic E-state index is 0.200. The first kappa shape index (κ1) is 21.6. The Bertz CT molecular complexity index is 1240. The van der Waals surface area contributed by atoms with Gasteiger partial charge in [-0.05, 0) is 61.6 Å². The first-order valence-corrected chi connectivity index (χ1v) is 11.3. The quantitative estimate of drug-likeness (QED) is 0.505. The molecule has 0 aromatic heterocycles. The van der Waals surface area contributed by atoms with Crippen LogP contribution in [-0.4, -0.2) is 23.9 Å². The van der Waals surface area contributed by atoms with Gasteiger partial charge in [0.15, 0.2) is 10.8 Å². The van der Waals surface area contributed by atoms with E-state index in [-0.39, 0.29) is 11.9 Å². The number of para-hydroxylation sites is 3. The van der Waals surface area contributed by atoms with E-state index in [0.717, 1.165) is 5.56 Å². The number of fused-ring (bicyclic) bond motifs is 4. The second kappa shape index (κ2) is 8.24. The molecule has 168 valence electrons. The van der Waals surface area contributed by atoms with Gasteiger partial charge in [-0.25, -0.2) is 0 Å². The zero-order valence-corrected chi connectivity index (χ0v) is 19.6. The number of ether oxygens (including phenoxy) is 2. The highest BCUT2D eigenvalue weighted by atomic mass is 35.5. The fourth-order valence-electron chi connectivity index (χ4n) is 4.66. The van der Waals surface area contributed by atoms with Crippen LogP contribution in [0, 0.1) is 5.92 Å². The maximum atomic E-state index is 13.8. The topological polar surface area (TPSA) is 62.8 Å². The van der Waals surface area contributed by atoms with Crippen molar-refractivity contribution in [2.24, 2.45) is 5.92 Å². The highest BCUT2D eigenvalue weighted by molar-refractivity contribution is 7.80. The molecule has 3 aromatic carbocycles. The molecule has 2 aliphatic rings. The molecule has 33 heavy (non-hydrogen) atoms. The van der Waals surface area contributed by atoms with Gasteiger partial charge in [-0.2, -0.15) is 0 Å². The van der Waals surface area contributed by atoms with Crippen LogP contribution in [0.1, 0.15) is 18.5 Å². The van der Waals surface area contributed by atoms with Crippen LogP contribution in [0.4, 0.5) is 11.4 Å². The van der Waals surface area contributed by atoms with E-state index in [4.69, 9.17) is 33.3 Å². The molecule has 1 amide bonds. The Morgan fingerprint density at radius 3 is 2.58 bits per heavy atom. The molecule has 0 saturated carbocycles. The maximum absolute atomic E-state index is 13.8. The summed E-state index contributed by atoms with van der Waals surface area (Å²) >= 11 is 11.8. The molecular formula is C25H22ClN3O3S. The molecule has 2 N–H and O–H groups in total. The van der Waals surface area contributed by atoms with Crippen molar-refractivity contribution in [1.82, 2.24) is 5.32 Å². The summed E-state index contributed by atoms with van der Waals surface area (Å²) in [5, 5.41) is 7.47. The molecule has 0 radical (unpaired) electrons. The Labute approximate surface area is 202 Å². The number of carbonyl (C=O) groups is 1. The Morgan fingerprint density at radius 2 is 1.82 bits per heavy atom. The lowest BCUT2D eigenvalue weighted by molar-refractivity contribution is -0.130. The van der Waals surface area contributed by atoms with Crippen molar-refractivity contribution < 1.29 is 14.3 Å². The molecule has 1 fully saturated rings. The number of hydrogen-bond acceptors (Lipinski definition) is 4. The first-order chi connectivity index (χ1) is 15.9. The summed E-state index contributed by atoms with van der Waals surface area (Å²) in [6, 6.07) is 21.9. The van der Waals surface area contributed by atoms with Crippen molar-refractivity contribution in [3.8, 4) is 11.5 Å². The first-order valence-electron chi connectivity index (χ1n) is 10.5. The van der Waals surface area contributed by atoms with Crippen LogP contribution < -0.4 is 25.0 Å². The third-order valence-electron chi connectivity index (χ3n) is 6.13. The van der Waals surface area contributed by atoms with Crippen LogP contribution >= 0.6 is 23.8 Å². The molecule has 3 aromatic rings. The molecule has 6 nitrogen and oxygen atoms in total. The van der Waals surface area contributed by atoms with Crippen molar-refractivity contribution >= 4 is 46.2 Å². The highest BCUT2D eigenvalue weighted by Gasteiger charge is 2.59. The third-order valence-corrected chi connectivity index (χ3v) is 6.68. The van der Waals surface area contributed by atoms with Gasteiger partial charge in [0.25, 0.3) is 0 Å². The lowest BCUT2D eigenvalue weighted by Crippen LogP contribution is -2.72. The maximum Gasteiger partial charge on any atom is 0.236 e. The summed E-state index contributed by atoms with van der Waals surface area (Å²) in [4.78, 5) is 15.6. The second-order valence-corrected chi connectivity index (χ2v) is 8.93. The fourth-order valence-corrected chi connectivity index (χ4v) is 5.19. The predicted molar refractivity (Wildman–Crippen MR) is 133 cm³/mol. The molecule has 0 spiro atoms. The molecular weight excluding hydrogens is 458 g/mol. The van der Waals surface area contributed by atoms with Gasteiger partial charge in [0.1, 0.15) is 17.4 Å². The second-order valence-electron chi connectivity index (χ2n) is 8.10. The standard InChI is InChI=1S/C25H22ClN3O3S/c1-25-21(23(30)27-16-13-11-15(26)12-14-16)22(17-7-3-5-9-19(17)32-25)28-24(33)29(25)18-8-4-6-10-20(18)31-2/h3-14,21-22H,1-2H3,(H,27,30)(H,28,33)/t21-,22-,25+/m0/s1. The lowest BCUT2D eigenvalue weighted by Gasteiger charge is -2.56. The fraction of sp³-hybridized carbons (Fsp3) is 0.200. The van der Waals surface area contributed by atoms with Crippen LogP contribution in [-0.2, 0) is 4.79 Å². The smallest absolute Gasteiger partial charge is 0.236 e. The Morgan fingerprint density at radius 1 is 1.12 bits per heavy atom. The summed E-state index contributed by atoms with van der Waals surface area (Å²) in [5.41, 5.74) is 1.12. The monoisotopic (exact) mass is 479 g/mol. The lowest BCUT2D eigenvalue weighted by atomic mass is 9.78. The largest absolute Gasteiger partial charge is 0.495 e. The molecule has 1 saturated heterocycles. The van der Waals surface area contributed by atoms with Gasteiger partial charge in [-0.1, -0.05) is 41.9 Å². The number of benzene rings is 3. The van der Waals surface area contributed by atoms with E-state index < -0.39 is 11.6 Å². The van der Waals surface area contributed by atoms with Crippen LogP contribution in [0.2, 0.25) is 5.02 Å². The number of rotatable bonds is 4. The molecule has 0 aliphatic carbocycles. The zero-order chi connectivity index (χ0) is 23.2. The number of halogens is 1. The van der Waals surface area contributed by atoms with E-state index in [1.807, 2.05) is 60.4 Å². The number of methoxy groups -OCH3 is 1. The average molecular weight is 480 g/mol. The molecule has 0 unspecified atom stereocenters. The van der Waals surface area contributed by atoms with E-state index in [9.17, 15) is 4.79 Å². The van der Waals surface area contributed by atoms with Crippen LogP contribution in [0.3, 0.4) is 0 Å². The average Bonchev–Trinajstić information content (AvgIpc) is 2.80. The van der Waals surface area contributed by atoms with Crippen LogP contribution in [0.5, 0.6) is 11.5 Å². The number of hydrogen-bond donors (Lipinski definition) is 2. The number of carbonyl (C=O) groups excluding carboxylic acids is 1. The Hall–Kier alpha value is -3.29. The van der Waals surface area contributed by atoms with Crippen molar-refractivity contribution in [3.05, 3.63) is 83.4 Å². The van der Waals surface area contributed by atoms with E-state index in [1.54, 1.807) is 31.4 Å². The Kier molecular flexibility index (Phi) is 5.38. The SMILES string of the molecule is COc1ccccc1N1C(=S)N[C@H]2c3ccccc3O[C@]1(C)[C@@H]2C(=O)Nc1ccc(Cl)cc1. The van der Waals surface area contributed by atoms with Gasteiger partial charge >= 0.3 is 0 Å².